The molecule has 0 aliphatic rings. The van der Waals surface area contributed by atoms with Gasteiger partial charge in [0.05, 0.1) is 18.4 Å². The average Bonchev–Trinajstić information content (AvgIpc) is 2.15. The number of carbonyl (C=O) groups is 2. The Morgan fingerprint density at radius 3 is 2.62 bits per heavy atom. The smallest absolute Gasteiger partial charge is 0.307 e. The lowest BCUT2D eigenvalue weighted by molar-refractivity contribution is -0.140. The molecule has 0 rings (SSSR count). The number of alkyl halides is 1. The minimum atomic E-state index is -0.317. The van der Waals surface area contributed by atoms with Crippen molar-refractivity contribution in [3.05, 3.63) is 0 Å². The highest BCUT2D eigenvalue weighted by molar-refractivity contribution is 9.10. The molecule has 0 aliphatic heterocycles. The van der Waals surface area contributed by atoms with Crippen molar-refractivity contribution in [2.75, 3.05) is 13.7 Å². The molecule has 1 atom stereocenters. The van der Waals surface area contributed by atoms with E-state index in [1.165, 1.54) is 7.11 Å². The second kappa shape index (κ2) is 6.88. The van der Waals surface area contributed by atoms with Crippen LogP contribution in [0.5, 0.6) is 0 Å². The van der Waals surface area contributed by atoms with E-state index in [4.69, 9.17) is 0 Å². The molecule has 0 aromatic carbocycles. The van der Waals surface area contributed by atoms with Crippen LogP contribution >= 0.6 is 15.9 Å². The van der Waals surface area contributed by atoms with E-state index in [-0.39, 0.29) is 23.1 Å². The number of esters is 1. The predicted molar refractivity (Wildman–Crippen MR) is 52.6 cm³/mol. The highest BCUT2D eigenvalue weighted by Crippen LogP contribution is 2.03. The summed E-state index contributed by atoms with van der Waals surface area (Å²) in [5.41, 5.74) is 0. The Labute approximate surface area is 86.1 Å². The zero-order valence-corrected chi connectivity index (χ0v) is 9.39. The summed E-state index contributed by atoms with van der Waals surface area (Å²) in [6.45, 7) is 2.23. The largest absolute Gasteiger partial charge is 0.469 e. The summed E-state index contributed by atoms with van der Waals surface area (Å²) in [6.07, 6.45) is 0.940. The molecule has 1 N–H and O–H groups in total. The predicted octanol–water partition coefficient (Wildman–Crippen LogP) is 0.839. The van der Waals surface area contributed by atoms with Crippen LogP contribution in [0, 0.1) is 0 Å². The lowest BCUT2D eigenvalue weighted by Crippen LogP contribution is -2.32. The first kappa shape index (κ1) is 12.4. The van der Waals surface area contributed by atoms with Gasteiger partial charge in [-0.15, -0.1) is 0 Å². The van der Waals surface area contributed by atoms with Gasteiger partial charge in [0, 0.05) is 6.54 Å². The summed E-state index contributed by atoms with van der Waals surface area (Å²) in [5.74, 6) is -0.408. The lowest BCUT2D eigenvalue weighted by atomic mass is 10.3. The lowest BCUT2D eigenvalue weighted by Gasteiger charge is -2.07. The summed E-state index contributed by atoms with van der Waals surface area (Å²) < 4.78 is 4.42. The van der Waals surface area contributed by atoms with E-state index in [2.05, 4.69) is 26.0 Å². The average molecular weight is 252 g/mol. The van der Waals surface area contributed by atoms with Crippen LogP contribution in [0.3, 0.4) is 0 Å². The Hall–Kier alpha value is -0.580. The van der Waals surface area contributed by atoms with Gasteiger partial charge in [0.2, 0.25) is 5.91 Å². The Morgan fingerprint density at radius 1 is 1.54 bits per heavy atom. The summed E-state index contributed by atoms with van der Waals surface area (Å²) in [6, 6.07) is 0. The van der Waals surface area contributed by atoms with Gasteiger partial charge in [0.25, 0.3) is 0 Å². The van der Waals surface area contributed by atoms with Crippen LogP contribution in [0.2, 0.25) is 0 Å². The van der Waals surface area contributed by atoms with E-state index in [9.17, 15) is 9.59 Å². The molecule has 1 amide bonds. The maximum absolute atomic E-state index is 11.1. The van der Waals surface area contributed by atoms with Gasteiger partial charge in [-0.3, -0.25) is 9.59 Å². The minimum absolute atomic E-state index is 0.0913. The first-order valence-electron chi connectivity index (χ1n) is 4.10. The number of ether oxygens (including phenoxy) is 1. The zero-order chi connectivity index (χ0) is 10.3. The number of carbonyl (C=O) groups excluding carboxylic acids is 2. The summed E-state index contributed by atoms with van der Waals surface area (Å²) in [4.78, 5) is 21.6. The SMILES string of the molecule is CCC(Br)C(=O)NCCC(=O)OC. The number of methoxy groups -OCH3 is 1. The molecule has 0 saturated heterocycles. The monoisotopic (exact) mass is 251 g/mol. The molecule has 0 bridgehead atoms. The summed E-state index contributed by atoms with van der Waals surface area (Å²) >= 11 is 3.20. The minimum Gasteiger partial charge on any atom is -0.469 e. The zero-order valence-electron chi connectivity index (χ0n) is 7.80. The fourth-order valence-corrected chi connectivity index (χ4v) is 0.848. The topological polar surface area (TPSA) is 55.4 Å². The molecule has 0 aliphatic carbocycles. The van der Waals surface area contributed by atoms with Gasteiger partial charge in [0.15, 0.2) is 0 Å². The quantitative estimate of drug-likeness (QED) is 0.582. The summed E-state index contributed by atoms with van der Waals surface area (Å²) in [5, 5.41) is 2.61. The normalized spacial score (nSPS) is 11.9. The number of halogens is 1. The van der Waals surface area contributed by atoms with E-state index in [1.54, 1.807) is 0 Å². The Morgan fingerprint density at radius 2 is 2.15 bits per heavy atom. The first-order valence-corrected chi connectivity index (χ1v) is 5.02. The van der Waals surface area contributed by atoms with Crippen molar-refractivity contribution in [2.45, 2.75) is 24.6 Å². The molecule has 5 heteroatoms. The fourth-order valence-electron chi connectivity index (χ4n) is 0.686. The number of rotatable bonds is 5. The van der Waals surface area contributed by atoms with Crippen molar-refractivity contribution < 1.29 is 14.3 Å². The van der Waals surface area contributed by atoms with Crippen LogP contribution in [0.1, 0.15) is 19.8 Å². The van der Waals surface area contributed by atoms with Crippen molar-refractivity contribution in [1.29, 1.82) is 0 Å². The molecule has 0 aromatic rings. The second-order valence-corrected chi connectivity index (χ2v) is 3.60. The Balaban J connectivity index is 3.53. The second-order valence-electron chi connectivity index (χ2n) is 2.49. The molecular formula is C8H14BrNO3. The molecule has 0 fully saturated rings. The van der Waals surface area contributed by atoms with Crippen molar-refractivity contribution in [2.24, 2.45) is 0 Å². The Bertz CT molecular complexity index is 184. The molecular weight excluding hydrogens is 238 g/mol. The van der Waals surface area contributed by atoms with E-state index in [1.807, 2.05) is 6.92 Å². The van der Waals surface area contributed by atoms with Crippen LogP contribution in [0.4, 0.5) is 0 Å². The molecule has 4 nitrogen and oxygen atoms in total. The number of hydrogen-bond acceptors (Lipinski definition) is 3. The van der Waals surface area contributed by atoms with E-state index >= 15 is 0 Å². The van der Waals surface area contributed by atoms with Crippen LogP contribution in [0.15, 0.2) is 0 Å². The van der Waals surface area contributed by atoms with Gasteiger partial charge in [-0.25, -0.2) is 0 Å². The molecule has 76 valence electrons. The maximum atomic E-state index is 11.1. The van der Waals surface area contributed by atoms with Crippen molar-refractivity contribution in [1.82, 2.24) is 5.32 Å². The van der Waals surface area contributed by atoms with Gasteiger partial charge >= 0.3 is 5.97 Å². The first-order chi connectivity index (χ1) is 6.11. The Kier molecular flexibility index (Phi) is 6.58. The van der Waals surface area contributed by atoms with Gasteiger partial charge in [-0.05, 0) is 6.42 Å². The third kappa shape index (κ3) is 5.63. The number of hydrogen-bond donors (Lipinski definition) is 1. The van der Waals surface area contributed by atoms with Gasteiger partial charge in [-0.1, -0.05) is 22.9 Å². The molecule has 13 heavy (non-hydrogen) atoms. The highest BCUT2D eigenvalue weighted by atomic mass is 79.9. The third-order valence-corrected chi connectivity index (χ3v) is 2.56. The van der Waals surface area contributed by atoms with Crippen molar-refractivity contribution in [3.63, 3.8) is 0 Å². The molecule has 1 unspecified atom stereocenters. The van der Waals surface area contributed by atoms with Crippen molar-refractivity contribution in [3.8, 4) is 0 Å². The molecule has 0 aromatic heterocycles. The van der Waals surface area contributed by atoms with Crippen molar-refractivity contribution >= 4 is 27.8 Å². The molecule has 0 radical (unpaired) electrons. The van der Waals surface area contributed by atoms with Crippen LogP contribution < -0.4 is 5.32 Å². The highest BCUT2D eigenvalue weighted by Gasteiger charge is 2.11. The van der Waals surface area contributed by atoms with E-state index in [0.29, 0.717) is 6.54 Å². The van der Waals surface area contributed by atoms with E-state index in [0.717, 1.165) is 6.42 Å². The number of nitrogens with one attached hydrogen (secondary N) is 1. The third-order valence-electron chi connectivity index (χ3n) is 1.50. The van der Waals surface area contributed by atoms with Gasteiger partial charge in [0.1, 0.15) is 0 Å². The van der Waals surface area contributed by atoms with Crippen LogP contribution in [0.25, 0.3) is 0 Å². The molecule has 0 saturated carbocycles. The van der Waals surface area contributed by atoms with Crippen LogP contribution in [-0.4, -0.2) is 30.4 Å². The molecule has 0 spiro atoms. The van der Waals surface area contributed by atoms with Gasteiger partial charge in [-0.2, -0.15) is 0 Å². The summed E-state index contributed by atoms with van der Waals surface area (Å²) in [7, 11) is 1.32. The fraction of sp³-hybridized carbons (Fsp3) is 0.750. The number of amides is 1. The maximum Gasteiger partial charge on any atom is 0.307 e. The molecule has 0 heterocycles. The van der Waals surface area contributed by atoms with Gasteiger partial charge < -0.3 is 10.1 Å². The van der Waals surface area contributed by atoms with E-state index < -0.39 is 0 Å². The standard InChI is InChI=1S/C8H14BrNO3/c1-3-6(9)8(12)10-5-4-7(11)13-2/h6H,3-5H2,1-2H3,(H,10,12). The van der Waals surface area contributed by atoms with Crippen LogP contribution in [-0.2, 0) is 14.3 Å².